The minimum Gasteiger partial charge on any atom is -0.493 e. The predicted octanol–water partition coefficient (Wildman–Crippen LogP) is 3.77. The molecule has 2 aromatic carbocycles. The van der Waals surface area contributed by atoms with E-state index in [0.29, 0.717) is 18.0 Å². The van der Waals surface area contributed by atoms with Gasteiger partial charge in [0.1, 0.15) is 0 Å². The van der Waals surface area contributed by atoms with Gasteiger partial charge in [0.2, 0.25) is 0 Å². The second-order valence-corrected chi connectivity index (χ2v) is 7.73. The molecular weight excluding hydrogens is 378 g/mol. The van der Waals surface area contributed by atoms with Gasteiger partial charge in [0.05, 0.1) is 20.3 Å². The summed E-state index contributed by atoms with van der Waals surface area (Å²) in [6, 6.07) is 16.3. The van der Waals surface area contributed by atoms with Crippen molar-refractivity contribution in [3.8, 4) is 11.5 Å². The average Bonchev–Trinajstić information content (AvgIpc) is 3.28. The van der Waals surface area contributed by atoms with Gasteiger partial charge in [-0.05, 0) is 62.5 Å². The van der Waals surface area contributed by atoms with E-state index in [2.05, 4.69) is 46.7 Å². The third kappa shape index (κ3) is 5.66. The highest BCUT2D eigenvalue weighted by molar-refractivity contribution is 5.74. The molecule has 162 valence electrons. The first kappa shape index (κ1) is 22.0. The van der Waals surface area contributed by atoms with E-state index >= 15 is 0 Å². The zero-order valence-corrected chi connectivity index (χ0v) is 18.2. The molecule has 0 radical (unpaired) electrons. The van der Waals surface area contributed by atoms with E-state index in [4.69, 9.17) is 9.47 Å². The van der Waals surface area contributed by atoms with E-state index in [9.17, 15) is 4.79 Å². The minimum atomic E-state index is -0.136. The third-order valence-electron chi connectivity index (χ3n) is 5.65. The Morgan fingerprint density at radius 3 is 2.40 bits per heavy atom. The molecule has 6 nitrogen and oxygen atoms in total. The normalized spacial score (nSPS) is 16.0. The van der Waals surface area contributed by atoms with Crippen molar-refractivity contribution in [2.75, 3.05) is 33.9 Å². The number of urea groups is 1. The van der Waals surface area contributed by atoms with Gasteiger partial charge in [-0.3, -0.25) is 4.90 Å². The molecule has 1 heterocycles. The molecule has 1 fully saturated rings. The first-order chi connectivity index (χ1) is 14.6. The summed E-state index contributed by atoms with van der Waals surface area (Å²) >= 11 is 0. The highest BCUT2D eigenvalue weighted by Crippen LogP contribution is 2.29. The lowest BCUT2D eigenvalue weighted by atomic mass is 9.99. The number of rotatable bonds is 9. The second-order valence-electron chi connectivity index (χ2n) is 7.73. The Bertz CT molecular complexity index is 807. The van der Waals surface area contributed by atoms with Crippen molar-refractivity contribution in [2.24, 2.45) is 0 Å². The van der Waals surface area contributed by atoms with Crippen LogP contribution in [0, 0.1) is 0 Å². The summed E-state index contributed by atoms with van der Waals surface area (Å²) in [5.74, 6) is 1.40. The number of carbonyl (C=O) groups excluding carboxylic acids is 1. The number of nitrogens with one attached hydrogen (secondary N) is 2. The molecule has 2 aromatic rings. The molecule has 0 saturated carbocycles. The van der Waals surface area contributed by atoms with Crippen LogP contribution in [-0.4, -0.2) is 50.8 Å². The maximum Gasteiger partial charge on any atom is 0.315 e. The SMILES string of the molecule is COc1ccc(CCNC(=O)N[C@H](C)[C@H](c2ccccc2)N2CCCC2)cc1OC. The van der Waals surface area contributed by atoms with Crippen LogP contribution in [0.5, 0.6) is 11.5 Å². The first-order valence-electron chi connectivity index (χ1n) is 10.7. The van der Waals surface area contributed by atoms with Crippen LogP contribution in [0.25, 0.3) is 0 Å². The number of benzene rings is 2. The van der Waals surface area contributed by atoms with Crippen LogP contribution >= 0.6 is 0 Å². The topological polar surface area (TPSA) is 62.8 Å². The van der Waals surface area contributed by atoms with Crippen LogP contribution in [-0.2, 0) is 6.42 Å². The highest BCUT2D eigenvalue weighted by Gasteiger charge is 2.29. The standard InChI is InChI=1S/C24H33N3O3/c1-18(23(27-15-7-8-16-27)20-9-5-4-6-10-20)26-24(28)25-14-13-19-11-12-21(29-2)22(17-19)30-3/h4-6,9-12,17-18,23H,7-8,13-16H2,1-3H3,(H2,25,26,28)/t18-,23-/m1/s1. The Morgan fingerprint density at radius 2 is 1.73 bits per heavy atom. The molecule has 2 amide bonds. The molecule has 1 aliphatic rings. The summed E-state index contributed by atoms with van der Waals surface area (Å²) in [7, 11) is 3.24. The summed E-state index contributed by atoms with van der Waals surface area (Å²) in [5, 5.41) is 6.13. The number of likely N-dealkylation sites (tertiary alicyclic amines) is 1. The largest absolute Gasteiger partial charge is 0.493 e. The van der Waals surface area contributed by atoms with Crippen LogP contribution in [0.4, 0.5) is 4.79 Å². The smallest absolute Gasteiger partial charge is 0.315 e. The van der Waals surface area contributed by atoms with Gasteiger partial charge >= 0.3 is 6.03 Å². The summed E-state index contributed by atoms with van der Waals surface area (Å²) in [6.45, 7) is 4.79. The van der Waals surface area contributed by atoms with Crippen molar-refractivity contribution < 1.29 is 14.3 Å². The van der Waals surface area contributed by atoms with Crippen molar-refractivity contribution in [1.29, 1.82) is 0 Å². The van der Waals surface area contributed by atoms with E-state index in [1.807, 2.05) is 24.3 Å². The Morgan fingerprint density at radius 1 is 1.03 bits per heavy atom. The van der Waals surface area contributed by atoms with Crippen LogP contribution in [0.1, 0.15) is 36.9 Å². The van der Waals surface area contributed by atoms with Gasteiger partial charge in [-0.2, -0.15) is 0 Å². The number of amides is 2. The number of hydrogen-bond acceptors (Lipinski definition) is 4. The third-order valence-corrected chi connectivity index (χ3v) is 5.65. The molecule has 0 unspecified atom stereocenters. The van der Waals surface area contributed by atoms with E-state index < -0.39 is 0 Å². The predicted molar refractivity (Wildman–Crippen MR) is 119 cm³/mol. The minimum absolute atomic E-state index is 0.00609. The Balaban J connectivity index is 1.54. The molecule has 0 spiro atoms. The summed E-state index contributed by atoms with van der Waals surface area (Å²) < 4.78 is 10.6. The second kappa shape index (κ2) is 10.9. The van der Waals surface area contributed by atoms with Crippen molar-refractivity contribution in [3.05, 3.63) is 59.7 Å². The Kier molecular flexibility index (Phi) is 7.97. The lowest BCUT2D eigenvalue weighted by Crippen LogP contribution is -2.47. The number of hydrogen-bond donors (Lipinski definition) is 2. The summed E-state index contributed by atoms with van der Waals surface area (Å²) in [6.07, 6.45) is 3.15. The number of methoxy groups -OCH3 is 2. The van der Waals surface area contributed by atoms with Crippen molar-refractivity contribution in [3.63, 3.8) is 0 Å². The van der Waals surface area contributed by atoms with Gasteiger partial charge in [0, 0.05) is 12.6 Å². The molecule has 30 heavy (non-hydrogen) atoms. The Labute approximate surface area is 179 Å². The van der Waals surface area contributed by atoms with Crippen molar-refractivity contribution in [2.45, 2.75) is 38.3 Å². The van der Waals surface area contributed by atoms with E-state index in [1.165, 1.54) is 18.4 Å². The fourth-order valence-corrected chi connectivity index (χ4v) is 4.18. The summed E-state index contributed by atoms with van der Waals surface area (Å²) in [4.78, 5) is 15.0. The fourth-order valence-electron chi connectivity index (χ4n) is 4.18. The van der Waals surface area contributed by atoms with Gasteiger partial charge in [0.15, 0.2) is 11.5 Å². The van der Waals surface area contributed by atoms with Gasteiger partial charge in [-0.15, -0.1) is 0 Å². The first-order valence-corrected chi connectivity index (χ1v) is 10.7. The summed E-state index contributed by atoms with van der Waals surface area (Å²) in [5.41, 5.74) is 2.33. The molecule has 6 heteroatoms. The number of ether oxygens (including phenoxy) is 2. The molecule has 0 aliphatic carbocycles. The van der Waals surface area contributed by atoms with Crippen LogP contribution in [0.3, 0.4) is 0 Å². The maximum absolute atomic E-state index is 12.5. The van der Waals surface area contributed by atoms with Gasteiger partial charge < -0.3 is 20.1 Å². The molecule has 0 aromatic heterocycles. The monoisotopic (exact) mass is 411 g/mol. The van der Waals surface area contributed by atoms with Crippen molar-refractivity contribution >= 4 is 6.03 Å². The zero-order chi connectivity index (χ0) is 21.3. The van der Waals surface area contributed by atoms with E-state index in [1.54, 1.807) is 14.2 Å². The van der Waals surface area contributed by atoms with Crippen molar-refractivity contribution in [1.82, 2.24) is 15.5 Å². The van der Waals surface area contributed by atoms with E-state index in [0.717, 1.165) is 25.1 Å². The number of nitrogens with zero attached hydrogens (tertiary/aromatic N) is 1. The molecule has 2 N–H and O–H groups in total. The van der Waals surface area contributed by atoms with Crippen LogP contribution < -0.4 is 20.1 Å². The van der Waals surface area contributed by atoms with Crippen LogP contribution in [0.2, 0.25) is 0 Å². The molecule has 0 bridgehead atoms. The van der Waals surface area contributed by atoms with Gasteiger partial charge in [0.25, 0.3) is 0 Å². The van der Waals surface area contributed by atoms with Gasteiger partial charge in [-0.25, -0.2) is 4.79 Å². The van der Waals surface area contributed by atoms with Gasteiger partial charge in [-0.1, -0.05) is 36.4 Å². The molecule has 1 aliphatic heterocycles. The molecular formula is C24H33N3O3. The lowest BCUT2D eigenvalue weighted by Gasteiger charge is -2.33. The number of carbonyl (C=O) groups is 1. The molecule has 3 rings (SSSR count). The average molecular weight is 412 g/mol. The van der Waals surface area contributed by atoms with Crippen LogP contribution in [0.15, 0.2) is 48.5 Å². The highest BCUT2D eigenvalue weighted by atomic mass is 16.5. The fraction of sp³-hybridized carbons (Fsp3) is 0.458. The Hall–Kier alpha value is -2.73. The quantitative estimate of drug-likeness (QED) is 0.659. The molecule has 1 saturated heterocycles. The lowest BCUT2D eigenvalue weighted by molar-refractivity contribution is 0.193. The maximum atomic E-state index is 12.5. The zero-order valence-electron chi connectivity index (χ0n) is 18.2. The molecule has 2 atom stereocenters. The van der Waals surface area contributed by atoms with E-state index in [-0.39, 0.29) is 18.1 Å².